The molecule has 2 rings (SSSR count). The lowest BCUT2D eigenvalue weighted by Crippen LogP contribution is -2.44. The summed E-state index contributed by atoms with van der Waals surface area (Å²) >= 11 is 0. The minimum Gasteiger partial charge on any atom is -0.492 e. The van der Waals surface area contributed by atoms with Gasteiger partial charge in [0.2, 0.25) is 17.7 Å². The molecule has 2 atom stereocenters. The first kappa shape index (κ1) is 22.5. The Bertz CT molecular complexity index is 892. The minimum atomic E-state index is -0.721. The maximum absolute atomic E-state index is 12.8. The summed E-state index contributed by atoms with van der Waals surface area (Å²) in [5, 5.41) is 39.0. The fraction of sp³-hybridized carbons (Fsp3) is 0.333. The van der Waals surface area contributed by atoms with E-state index in [4.69, 9.17) is 10.0 Å². The predicted molar refractivity (Wildman–Crippen MR) is 102 cm³/mol. The van der Waals surface area contributed by atoms with E-state index >= 15 is 0 Å². The highest BCUT2D eigenvalue weighted by Crippen LogP contribution is 2.21. The lowest BCUT2D eigenvalue weighted by Gasteiger charge is -2.30. The lowest BCUT2D eigenvalue weighted by molar-refractivity contribution is -0.384. The van der Waals surface area contributed by atoms with E-state index in [0.717, 1.165) is 4.73 Å². The molecule has 0 spiro atoms. The average Bonchev–Trinajstić information content (AvgIpc) is 3.06. The van der Waals surface area contributed by atoms with Crippen molar-refractivity contribution < 1.29 is 34.8 Å². The van der Waals surface area contributed by atoms with E-state index in [1.54, 1.807) is 5.48 Å². The first-order chi connectivity index (χ1) is 14.1. The van der Waals surface area contributed by atoms with Crippen LogP contribution in [0, 0.1) is 16.0 Å². The van der Waals surface area contributed by atoms with Crippen LogP contribution in [0.2, 0.25) is 0 Å². The van der Waals surface area contributed by atoms with Gasteiger partial charge in [-0.1, -0.05) is 6.92 Å². The first-order valence-corrected chi connectivity index (χ1v) is 8.84. The zero-order valence-corrected chi connectivity index (χ0v) is 16.3. The van der Waals surface area contributed by atoms with E-state index in [-0.39, 0.29) is 36.0 Å². The maximum atomic E-state index is 12.8. The number of non-ortho nitro benzene ring substituents is 1. The highest BCUT2D eigenvalue weighted by molar-refractivity contribution is 5.94. The van der Waals surface area contributed by atoms with Crippen LogP contribution in [0.3, 0.4) is 0 Å². The van der Waals surface area contributed by atoms with Crippen molar-refractivity contribution in [1.29, 1.82) is 0 Å². The van der Waals surface area contributed by atoms with Crippen LogP contribution in [-0.2, 0) is 4.79 Å². The Morgan fingerprint density at radius 2 is 1.77 bits per heavy atom. The molecule has 0 unspecified atom stereocenters. The molecular weight excluding hydrogens is 400 g/mol. The van der Waals surface area contributed by atoms with E-state index in [9.17, 15) is 29.9 Å². The Labute approximate surface area is 171 Å². The highest BCUT2D eigenvalue weighted by atomic mass is 16.7. The molecule has 0 fully saturated rings. The second-order valence-corrected chi connectivity index (χ2v) is 6.63. The molecule has 0 bridgehead atoms. The Morgan fingerprint density at radius 3 is 2.27 bits per heavy atom. The van der Waals surface area contributed by atoms with Gasteiger partial charge in [0.1, 0.15) is 6.61 Å². The Balaban J connectivity index is 2.21. The van der Waals surface area contributed by atoms with Gasteiger partial charge in [-0.2, -0.15) is 0 Å². The third-order valence-electron chi connectivity index (χ3n) is 4.57. The molecule has 12 nitrogen and oxygen atoms in total. The molecule has 30 heavy (non-hydrogen) atoms. The Kier molecular flexibility index (Phi) is 7.20. The number of nitro groups is 1. The second kappa shape index (κ2) is 9.60. The van der Waals surface area contributed by atoms with E-state index in [1.165, 1.54) is 55.3 Å². The zero-order chi connectivity index (χ0) is 22.4. The fourth-order valence-electron chi connectivity index (χ4n) is 2.75. The number of nitro benzene ring substituents is 1. The second-order valence-electron chi connectivity index (χ2n) is 6.63. The van der Waals surface area contributed by atoms with Crippen LogP contribution in [0.5, 0.6) is 11.8 Å². The van der Waals surface area contributed by atoms with Gasteiger partial charge in [-0.05, 0) is 18.6 Å². The summed E-state index contributed by atoms with van der Waals surface area (Å²) in [7, 11) is 1.46. The SMILES string of the molecule is C[C@@H](C[C@@H](COn1c(O)ccc1O)N(C)C(=O)c1ccc([N+](=O)[O-])cc1)C(=O)NO. The number of carbonyl (C=O) groups excluding carboxylic acids is 2. The van der Waals surface area contributed by atoms with Crippen molar-refractivity contribution in [2.24, 2.45) is 5.92 Å². The number of nitrogens with one attached hydrogen (secondary N) is 1. The number of aromatic hydroxyl groups is 2. The highest BCUT2D eigenvalue weighted by Gasteiger charge is 2.27. The number of nitrogens with zero attached hydrogens (tertiary/aromatic N) is 3. The molecular formula is C18H22N4O8. The molecule has 0 aliphatic heterocycles. The number of hydroxylamine groups is 1. The van der Waals surface area contributed by atoms with Crippen LogP contribution >= 0.6 is 0 Å². The van der Waals surface area contributed by atoms with Gasteiger partial charge in [-0.25, -0.2) is 5.48 Å². The van der Waals surface area contributed by atoms with Crippen LogP contribution in [0.1, 0.15) is 23.7 Å². The van der Waals surface area contributed by atoms with Gasteiger partial charge < -0.3 is 20.0 Å². The molecule has 1 heterocycles. The normalized spacial score (nSPS) is 12.6. The summed E-state index contributed by atoms with van der Waals surface area (Å²) in [5.74, 6) is -2.59. The van der Waals surface area contributed by atoms with E-state index in [1.807, 2.05) is 0 Å². The summed E-state index contributed by atoms with van der Waals surface area (Å²) in [6.07, 6.45) is 0.0738. The largest absolute Gasteiger partial charge is 0.492 e. The third-order valence-corrected chi connectivity index (χ3v) is 4.57. The van der Waals surface area contributed by atoms with Crippen molar-refractivity contribution in [3.63, 3.8) is 0 Å². The molecule has 2 amide bonds. The van der Waals surface area contributed by atoms with Gasteiger partial charge in [-0.3, -0.25) is 24.9 Å². The fourth-order valence-corrected chi connectivity index (χ4v) is 2.75. The topological polar surface area (TPSA) is 167 Å². The van der Waals surface area contributed by atoms with Crippen molar-refractivity contribution in [1.82, 2.24) is 15.1 Å². The molecule has 0 aliphatic rings. The minimum absolute atomic E-state index is 0.0738. The monoisotopic (exact) mass is 422 g/mol. The quantitative estimate of drug-likeness (QED) is 0.263. The zero-order valence-electron chi connectivity index (χ0n) is 16.3. The molecule has 4 N–H and O–H groups in total. The Morgan fingerprint density at radius 1 is 1.20 bits per heavy atom. The van der Waals surface area contributed by atoms with E-state index in [0.29, 0.717) is 0 Å². The van der Waals surface area contributed by atoms with Crippen molar-refractivity contribution in [2.75, 3.05) is 13.7 Å². The number of carbonyl (C=O) groups is 2. The van der Waals surface area contributed by atoms with Crippen LogP contribution in [0.15, 0.2) is 36.4 Å². The molecule has 2 aromatic rings. The van der Waals surface area contributed by atoms with Crippen LogP contribution in [0.4, 0.5) is 5.69 Å². The molecule has 1 aromatic carbocycles. The van der Waals surface area contributed by atoms with Crippen molar-refractivity contribution in [3.8, 4) is 11.8 Å². The summed E-state index contributed by atoms with van der Waals surface area (Å²) < 4.78 is 0.758. The maximum Gasteiger partial charge on any atom is 0.269 e. The number of amides is 2. The van der Waals surface area contributed by atoms with Crippen molar-refractivity contribution in [2.45, 2.75) is 19.4 Å². The van der Waals surface area contributed by atoms with Crippen LogP contribution < -0.4 is 10.3 Å². The average molecular weight is 422 g/mol. The van der Waals surface area contributed by atoms with Gasteiger partial charge in [0.25, 0.3) is 11.6 Å². The number of benzene rings is 1. The first-order valence-electron chi connectivity index (χ1n) is 8.84. The number of aromatic nitrogens is 1. The number of rotatable bonds is 9. The molecule has 12 heteroatoms. The van der Waals surface area contributed by atoms with Crippen molar-refractivity contribution >= 4 is 17.5 Å². The van der Waals surface area contributed by atoms with Gasteiger partial charge >= 0.3 is 0 Å². The molecule has 0 saturated heterocycles. The molecule has 0 aliphatic carbocycles. The van der Waals surface area contributed by atoms with Gasteiger partial charge in [0.15, 0.2) is 0 Å². The van der Waals surface area contributed by atoms with Crippen molar-refractivity contribution in [3.05, 3.63) is 52.1 Å². The summed E-state index contributed by atoms with van der Waals surface area (Å²) in [5.41, 5.74) is 1.56. The molecule has 1 aromatic heterocycles. The third kappa shape index (κ3) is 5.17. The number of likely N-dealkylation sites (N-methyl/N-ethyl adjacent to an activating group) is 1. The number of hydrogen-bond acceptors (Lipinski definition) is 8. The van der Waals surface area contributed by atoms with Gasteiger partial charge in [-0.15, -0.1) is 4.73 Å². The lowest BCUT2D eigenvalue weighted by atomic mass is 10.00. The summed E-state index contributed by atoms with van der Waals surface area (Å²) in [4.78, 5) is 41.4. The van der Waals surface area contributed by atoms with Crippen LogP contribution in [0.25, 0.3) is 0 Å². The van der Waals surface area contributed by atoms with Gasteiger partial charge in [0, 0.05) is 42.8 Å². The number of hydrogen-bond donors (Lipinski definition) is 4. The molecule has 0 saturated carbocycles. The standard InChI is InChI=1S/C18H22N4O8/c1-11(17(25)19-27)9-14(10-30-21-15(23)7-8-16(21)24)20(2)18(26)12-3-5-13(6-4-12)22(28)29/h3-8,11,14,23-24,27H,9-10H2,1-2H3,(H,19,25)/t11-,14-/m0/s1. The summed E-state index contributed by atoms with van der Waals surface area (Å²) in [6, 6.07) is 6.70. The smallest absolute Gasteiger partial charge is 0.269 e. The molecule has 162 valence electrons. The van der Waals surface area contributed by atoms with Gasteiger partial charge in [0.05, 0.1) is 11.0 Å². The Hall–Kier alpha value is -3.80. The molecule has 0 radical (unpaired) electrons. The van der Waals surface area contributed by atoms with E-state index in [2.05, 4.69) is 0 Å². The van der Waals surface area contributed by atoms with E-state index < -0.39 is 28.7 Å². The van der Waals surface area contributed by atoms with Crippen LogP contribution in [-0.4, -0.2) is 61.5 Å². The summed E-state index contributed by atoms with van der Waals surface area (Å²) in [6.45, 7) is 1.32. The predicted octanol–water partition coefficient (Wildman–Crippen LogP) is 0.908.